The van der Waals surface area contributed by atoms with Gasteiger partial charge in [0.25, 0.3) is 0 Å². The van der Waals surface area contributed by atoms with Gasteiger partial charge in [-0.15, -0.1) is 0 Å². The minimum atomic E-state index is -0.711. The summed E-state index contributed by atoms with van der Waals surface area (Å²) in [5.74, 6) is -0.823. The molecule has 2 bridgehead atoms. The van der Waals surface area contributed by atoms with Gasteiger partial charge in [-0.05, 0) is 0 Å². The molecule has 0 aromatic rings. The van der Waals surface area contributed by atoms with E-state index in [1.165, 1.54) is 4.90 Å². The molecule has 84 valence electrons. The van der Waals surface area contributed by atoms with Gasteiger partial charge in [-0.3, -0.25) is 14.5 Å². The van der Waals surface area contributed by atoms with Crippen LogP contribution in [0.1, 0.15) is 0 Å². The Hall–Kier alpha value is -1.42. The van der Waals surface area contributed by atoms with Gasteiger partial charge in [0.2, 0.25) is 11.8 Å². The van der Waals surface area contributed by atoms with E-state index in [0.29, 0.717) is 0 Å². The molecule has 1 fully saturated rings. The van der Waals surface area contributed by atoms with Crippen molar-refractivity contribution in [2.75, 3.05) is 14.2 Å². The van der Waals surface area contributed by atoms with Gasteiger partial charge in [0.05, 0.1) is 11.8 Å². The number of hydrogen-bond acceptors (Lipinski definition) is 3. The van der Waals surface area contributed by atoms with E-state index in [1.807, 2.05) is 24.3 Å². The second kappa shape index (κ2) is 2.83. The van der Waals surface area contributed by atoms with Crippen LogP contribution in [0, 0.1) is 17.8 Å². The van der Waals surface area contributed by atoms with E-state index in [0.717, 1.165) is 0 Å². The number of ether oxygens (including phenoxy) is 1. The van der Waals surface area contributed by atoms with Crippen molar-refractivity contribution in [1.29, 1.82) is 0 Å². The van der Waals surface area contributed by atoms with Crippen LogP contribution in [-0.2, 0) is 14.3 Å². The van der Waals surface area contributed by atoms with E-state index in [1.54, 1.807) is 14.2 Å². The number of hydrogen-bond donors (Lipinski definition) is 0. The molecule has 4 rings (SSSR count). The molecule has 4 heteroatoms. The normalized spacial score (nSPS) is 44.4. The van der Waals surface area contributed by atoms with Gasteiger partial charge in [0.1, 0.15) is 5.60 Å². The predicted molar refractivity (Wildman–Crippen MR) is 56.3 cm³/mol. The Kier molecular flexibility index (Phi) is 1.73. The van der Waals surface area contributed by atoms with Gasteiger partial charge in [-0.25, -0.2) is 0 Å². The van der Waals surface area contributed by atoms with Gasteiger partial charge in [0, 0.05) is 20.1 Å². The van der Waals surface area contributed by atoms with Crippen molar-refractivity contribution in [3.63, 3.8) is 0 Å². The molecule has 0 aromatic carbocycles. The first-order valence-electron chi connectivity index (χ1n) is 5.36. The Morgan fingerprint density at radius 3 is 2.44 bits per heavy atom. The number of rotatable bonds is 1. The molecule has 0 aromatic heterocycles. The molecule has 16 heavy (non-hydrogen) atoms. The summed E-state index contributed by atoms with van der Waals surface area (Å²) in [4.78, 5) is 25.3. The lowest BCUT2D eigenvalue weighted by molar-refractivity contribution is -0.139. The summed E-state index contributed by atoms with van der Waals surface area (Å²) in [5, 5.41) is 0. The van der Waals surface area contributed by atoms with Crippen LogP contribution in [-0.4, -0.2) is 36.5 Å². The number of imide groups is 1. The molecule has 0 saturated carbocycles. The molecular weight excluding hydrogens is 206 g/mol. The van der Waals surface area contributed by atoms with Gasteiger partial charge >= 0.3 is 0 Å². The average molecular weight is 219 g/mol. The molecule has 4 aliphatic rings. The van der Waals surface area contributed by atoms with E-state index in [9.17, 15) is 9.59 Å². The number of allylic oxidation sites excluding steroid dienone is 2. The molecule has 1 aliphatic heterocycles. The van der Waals surface area contributed by atoms with Crippen LogP contribution in [0.15, 0.2) is 24.3 Å². The Balaban J connectivity index is 2.16. The predicted octanol–water partition coefficient (Wildman–Crippen LogP) is 0.358. The highest BCUT2D eigenvalue weighted by Gasteiger charge is 2.60. The Morgan fingerprint density at radius 2 is 1.88 bits per heavy atom. The van der Waals surface area contributed by atoms with E-state index < -0.39 is 5.60 Å². The summed E-state index contributed by atoms with van der Waals surface area (Å²) in [7, 11) is 3.12. The molecule has 4 nitrogen and oxygen atoms in total. The van der Waals surface area contributed by atoms with E-state index in [4.69, 9.17) is 4.74 Å². The van der Waals surface area contributed by atoms with Crippen LogP contribution in [0.2, 0.25) is 0 Å². The van der Waals surface area contributed by atoms with Crippen LogP contribution in [0.25, 0.3) is 0 Å². The van der Waals surface area contributed by atoms with Crippen LogP contribution in [0.3, 0.4) is 0 Å². The zero-order chi connectivity index (χ0) is 11.5. The van der Waals surface area contributed by atoms with Gasteiger partial charge in [-0.1, -0.05) is 24.3 Å². The number of carbonyl (C=O) groups is 2. The number of carbonyl (C=O) groups excluding carboxylic acids is 2. The molecular formula is C12H13NO3. The maximum absolute atomic E-state index is 12.1. The highest BCUT2D eigenvalue weighted by Crippen LogP contribution is 2.49. The van der Waals surface area contributed by atoms with Crippen molar-refractivity contribution in [3.05, 3.63) is 24.3 Å². The Bertz CT molecular complexity index is 424. The lowest BCUT2D eigenvalue weighted by atomic mass is 9.64. The fraction of sp³-hybridized carbons (Fsp3) is 0.500. The van der Waals surface area contributed by atoms with E-state index in [2.05, 4.69) is 0 Å². The van der Waals surface area contributed by atoms with Crippen molar-refractivity contribution >= 4 is 11.8 Å². The summed E-state index contributed by atoms with van der Waals surface area (Å²) in [6.45, 7) is 0. The molecule has 0 N–H and O–H groups in total. The first-order chi connectivity index (χ1) is 7.60. The summed E-state index contributed by atoms with van der Waals surface area (Å²) in [6.07, 6.45) is 7.75. The molecule has 0 spiro atoms. The molecule has 0 radical (unpaired) electrons. The van der Waals surface area contributed by atoms with Crippen LogP contribution < -0.4 is 0 Å². The second-order valence-corrected chi connectivity index (χ2v) is 4.59. The third-order valence-electron chi connectivity index (χ3n) is 3.98. The highest BCUT2D eigenvalue weighted by atomic mass is 16.5. The van der Waals surface area contributed by atoms with Crippen molar-refractivity contribution in [3.8, 4) is 0 Å². The third kappa shape index (κ3) is 0.888. The number of likely N-dealkylation sites (tertiary alicyclic amines) is 1. The molecule has 2 unspecified atom stereocenters. The van der Waals surface area contributed by atoms with E-state index in [-0.39, 0.29) is 29.6 Å². The first-order valence-corrected chi connectivity index (χ1v) is 5.36. The van der Waals surface area contributed by atoms with Gasteiger partial charge < -0.3 is 4.74 Å². The van der Waals surface area contributed by atoms with Crippen molar-refractivity contribution < 1.29 is 14.3 Å². The average Bonchev–Trinajstić information content (AvgIpc) is 2.58. The minimum absolute atomic E-state index is 0.0448. The standard InChI is InChI=1S/C12H13NO3/c1-13-10(14)8-7-3-5-12(16-2,6-4-7)9(8)11(13)15/h3-9H,1-2H3. The lowest BCUT2D eigenvalue weighted by Gasteiger charge is -2.42. The Labute approximate surface area is 93.6 Å². The van der Waals surface area contributed by atoms with E-state index >= 15 is 0 Å². The first kappa shape index (κ1) is 9.78. The van der Waals surface area contributed by atoms with Crippen LogP contribution >= 0.6 is 0 Å². The zero-order valence-corrected chi connectivity index (χ0v) is 9.21. The summed E-state index contributed by atoms with van der Waals surface area (Å²) in [6, 6.07) is 0. The van der Waals surface area contributed by atoms with Crippen LogP contribution in [0.4, 0.5) is 0 Å². The third-order valence-corrected chi connectivity index (χ3v) is 3.98. The minimum Gasteiger partial charge on any atom is -0.369 e. The molecule has 3 aliphatic carbocycles. The second-order valence-electron chi connectivity index (χ2n) is 4.59. The zero-order valence-electron chi connectivity index (χ0n) is 9.21. The number of methoxy groups -OCH3 is 1. The molecule has 1 heterocycles. The lowest BCUT2D eigenvalue weighted by Crippen LogP contribution is -2.49. The number of amides is 2. The topological polar surface area (TPSA) is 46.6 Å². The SMILES string of the molecule is COC12C=CC(C=C1)C1C(=O)N(C)C(=O)C12. The summed E-state index contributed by atoms with van der Waals surface area (Å²) < 4.78 is 5.47. The maximum atomic E-state index is 12.1. The number of nitrogens with zero attached hydrogens (tertiary/aromatic N) is 1. The van der Waals surface area contributed by atoms with Crippen molar-refractivity contribution in [1.82, 2.24) is 4.90 Å². The van der Waals surface area contributed by atoms with Crippen molar-refractivity contribution in [2.24, 2.45) is 17.8 Å². The smallest absolute Gasteiger partial charge is 0.236 e. The summed E-state index contributed by atoms with van der Waals surface area (Å²) >= 11 is 0. The maximum Gasteiger partial charge on any atom is 0.236 e. The molecule has 2 atom stereocenters. The molecule has 1 saturated heterocycles. The Morgan fingerprint density at radius 1 is 1.25 bits per heavy atom. The highest BCUT2D eigenvalue weighted by molar-refractivity contribution is 6.06. The van der Waals surface area contributed by atoms with Crippen LogP contribution in [0.5, 0.6) is 0 Å². The van der Waals surface area contributed by atoms with Gasteiger partial charge in [0.15, 0.2) is 0 Å². The fourth-order valence-electron chi connectivity index (χ4n) is 3.05. The largest absolute Gasteiger partial charge is 0.369 e. The fourth-order valence-corrected chi connectivity index (χ4v) is 3.05. The van der Waals surface area contributed by atoms with Crippen molar-refractivity contribution in [2.45, 2.75) is 5.60 Å². The van der Waals surface area contributed by atoms with Gasteiger partial charge in [-0.2, -0.15) is 0 Å². The summed E-state index contributed by atoms with van der Waals surface area (Å²) in [5.41, 5.74) is -0.711. The molecule has 2 amide bonds. The quantitative estimate of drug-likeness (QED) is 0.472. The monoisotopic (exact) mass is 219 g/mol.